The van der Waals surface area contributed by atoms with Crippen molar-refractivity contribution in [1.82, 2.24) is 0 Å². The highest BCUT2D eigenvalue weighted by molar-refractivity contribution is 5.92. The molecule has 1 aromatic heterocycles. The van der Waals surface area contributed by atoms with Gasteiger partial charge in [0.05, 0.1) is 0 Å². The van der Waals surface area contributed by atoms with Crippen molar-refractivity contribution >= 4 is 22.6 Å². The maximum Gasteiger partial charge on any atom is 0.137 e. The highest BCUT2D eigenvalue weighted by Gasteiger charge is 2.08. The second-order valence-electron chi connectivity index (χ2n) is 5.93. The van der Waals surface area contributed by atoms with E-state index in [4.69, 9.17) is 4.42 Å². The number of aryl methyl sites for hydroxylation is 1. The molecule has 0 spiro atoms. The number of furan rings is 1. The summed E-state index contributed by atoms with van der Waals surface area (Å²) in [6.07, 6.45) is 2.13. The summed E-state index contributed by atoms with van der Waals surface area (Å²) in [5.74, 6) is 0.877. The van der Waals surface area contributed by atoms with E-state index in [9.17, 15) is 0 Å². The fraction of sp³-hybridized carbons (Fsp3) is 0.0435. The first-order chi connectivity index (χ1) is 11.8. The average molecular weight is 310 g/mol. The van der Waals surface area contributed by atoms with Crippen LogP contribution in [0, 0.1) is 6.92 Å². The highest BCUT2D eigenvalue weighted by atomic mass is 16.3. The summed E-state index contributed by atoms with van der Waals surface area (Å²) >= 11 is 0. The molecular formula is C23H18O. The summed E-state index contributed by atoms with van der Waals surface area (Å²) in [5.41, 5.74) is 5.65. The van der Waals surface area contributed by atoms with Gasteiger partial charge in [-0.05, 0) is 41.3 Å². The lowest BCUT2D eigenvalue weighted by atomic mass is 9.97. The molecule has 0 aliphatic heterocycles. The lowest BCUT2D eigenvalue weighted by Gasteiger charge is -2.07. The van der Waals surface area contributed by atoms with Crippen LogP contribution in [0.2, 0.25) is 0 Å². The lowest BCUT2D eigenvalue weighted by Crippen LogP contribution is -1.87. The summed E-state index contributed by atoms with van der Waals surface area (Å²) in [6.45, 7) is 2.08. The Balaban J connectivity index is 1.89. The van der Waals surface area contributed by atoms with Crippen molar-refractivity contribution in [2.75, 3.05) is 0 Å². The predicted octanol–water partition coefficient (Wildman–Crippen LogP) is 6.33. The van der Waals surface area contributed by atoms with Crippen LogP contribution >= 0.6 is 0 Å². The van der Waals surface area contributed by atoms with Gasteiger partial charge in [-0.2, -0.15) is 0 Å². The minimum absolute atomic E-state index is 0.877. The van der Waals surface area contributed by atoms with Crippen molar-refractivity contribution in [1.29, 1.82) is 0 Å². The molecule has 1 heterocycles. The Bertz CT molecular complexity index is 951. The zero-order valence-corrected chi connectivity index (χ0v) is 13.6. The van der Waals surface area contributed by atoms with Gasteiger partial charge in [-0.1, -0.05) is 78.9 Å². The Kier molecular flexibility index (Phi) is 3.76. The van der Waals surface area contributed by atoms with Crippen LogP contribution in [0.25, 0.3) is 22.6 Å². The van der Waals surface area contributed by atoms with Gasteiger partial charge in [-0.25, -0.2) is 0 Å². The van der Waals surface area contributed by atoms with Crippen LogP contribution in [0.5, 0.6) is 0 Å². The highest BCUT2D eigenvalue weighted by Crippen LogP contribution is 2.29. The largest absolute Gasteiger partial charge is 0.456 e. The zero-order chi connectivity index (χ0) is 16.4. The molecule has 0 N–H and O–H groups in total. The van der Waals surface area contributed by atoms with Crippen LogP contribution in [-0.2, 0) is 0 Å². The standard InChI is InChI=1S/C23H18O/c1-17-9-8-14-20-15-21(24-23(17)20)16-22(18-10-4-2-5-11-18)19-12-6-3-7-13-19/h2-16H,1H3. The Morgan fingerprint density at radius 2 is 1.38 bits per heavy atom. The lowest BCUT2D eigenvalue weighted by molar-refractivity contribution is 0.602. The minimum Gasteiger partial charge on any atom is -0.456 e. The average Bonchev–Trinajstić information content (AvgIpc) is 3.05. The van der Waals surface area contributed by atoms with Crippen molar-refractivity contribution in [3.8, 4) is 0 Å². The molecule has 24 heavy (non-hydrogen) atoms. The SMILES string of the molecule is Cc1cccc2cc(C=C(c3ccccc3)c3ccccc3)oc12. The van der Waals surface area contributed by atoms with Gasteiger partial charge in [0.25, 0.3) is 0 Å². The van der Waals surface area contributed by atoms with Crippen molar-refractivity contribution < 1.29 is 4.42 Å². The van der Waals surface area contributed by atoms with Gasteiger partial charge in [0.15, 0.2) is 0 Å². The molecule has 1 nitrogen and oxygen atoms in total. The van der Waals surface area contributed by atoms with Crippen LogP contribution in [0.4, 0.5) is 0 Å². The summed E-state index contributed by atoms with van der Waals surface area (Å²) < 4.78 is 6.10. The Hall–Kier alpha value is -3.06. The van der Waals surface area contributed by atoms with E-state index in [1.807, 2.05) is 12.1 Å². The zero-order valence-electron chi connectivity index (χ0n) is 13.6. The van der Waals surface area contributed by atoms with Crippen molar-refractivity contribution in [2.24, 2.45) is 0 Å². The van der Waals surface area contributed by atoms with Gasteiger partial charge >= 0.3 is 0 Å². The van der Waals surface area contributed by atoms with E-state index in [2.05, 4.69) is 85.8 Å². The first-order valence-electron chi connectivity index (χ1n) is 8.13. The molecule has 0 unspecified atom stereocenters. The number of hydrogen-bond donors (Lipinski definition) is 0. The van der Waals surface area contributed by atoms with Crippen LogP contribution in [0.3, 0.4) is 0 Å². The molecule has 0 amide bonds. The predicted molar refractivity (Wildman–Crippen MR) is 101 cm³/mol. The molecule has 116 valence electrons. The Labute approximate surface area is 141 Å². The van der Waals surface area contributed by atoms with Crippen molar-refractivity contribution in [3.63, 3.8) is 0 Å². The maximum absolute atomic E-state index is 6.10. The van der Waals surface area contributed by atoms with Crippen molar-refractivity contribution in [2.45, 2.75) is 6.92 Å². The van der Waals surface area contributed by atoms with Crippen molar-refractivity contribution in [3.05, 3.63) is 107 Å². The number of para-hydroxylation sites is 1. The fourth-order valence-corrected chi connectivity index (χ4v) is 3.01. The van der Waals surface area contributed by atoms with Crippen LogP contribution in [-0.4, -0.2) is 0 Å². The number of benzene rings is 3. The molecule has 0 aliphatic rings. The first-order valence-corrected chi connectivity index (χ1v) is 8.13. The van der Waals surface area contributed by atoms with Gasteiger partial charge in [-0.15, -0.1) is 0 Å². The molecule has 4 rings (SSSR count). The monoisotopic (exact) mass is 310 g/mol. The van der Waals surface area contributed by atoms with E-state index in [0.29, 0.717) is 0 Å². The van der Waals surface area contributed by atoms with E-state index >= 15 is 0 Å². The first kappa shape index (κ1) is 14.5. The smallest absolute Gasteiger partial charge is 0.137 e. The number of fused-ring (bicyclic) bond motifs is 1. The van der Waals surface area contributed by atoms with Gasteiger partial charge in [-0.3, -0.25) is 0 Å². The van der Waals surface area contributed by atoms with E-state index in [1.54, 1.807) is 0 Å². The van der Waals surface area contributed by atoms with Crippen LogP contribution < -0.4 is 0 Å². The van der Waals surface area contributed by atoms with E-state index in [1.165, 1.54) is 11.1 Å². The van der Waals surface area contributed by atoms with Gasteiger partial charge in [0.1, 0.15) is 11.3 Å². The summed E-state index contributed by atoms with van der Waals surface area (Å²) in [5, 5.41) is 1.14. The molecule has 0 fully saturated rings. The third-order valence-corrected chi connectivity index (χ3v) is 4.22. The summed E-state index contributed by atoms with van der Waals surface area (Å²) in [4.78, 5) is 0. The number of rotatable bonds is 3. The third kappa shape index (κ3) is 2.77. The molecule has 1 heteroatoms. The van der Waals surface area contributed by atoms with E-state index in [0.717, 1.165) is 27.9 Å². The fourth-order valence-electron chi connectivity index (χ4n) is 3.01. The molecule has 0 radical (unpaired) electrons. The molecule has 0 saturated heterocycles. The number of hydrogen-bond acceptors (Lipinski definition) is 1. The molecule has 4 aromatic rings. The van der Waals surface area contributed by atoms with Gasteiger partial charge in [0.2, 0.25) is 0 Å². The molecule has 0 bridgehead atoms. The Morgan fingerprint density at radius 3 is 1.96 bits per heavy atom. The molecule has 0 aliphatic carbocycles. The Morgan fingerprint density at radius 1 is 0.750 bits per heavy atom. The minimum atomic E-state index is 0.877. The summed E-state index contributed by atoms with van der Waals surface area (Å²) in [7, 11) is 0. The topological polar surface area (TPSA) is 13.1 Å². The maximum atomic E-state index is 6.10. The van der Waals surface area contributed by atoms with Crippen LogP contribution in [0.15, 0.2) is 89.3 Å². The van der Waals surface area contributed by atoms with Gasteiger partial charge < -0.3 is 4.42 Å². The normalized spacial score (nSPS) is 10.7. The third-order valence-electron chi connectivity index (χ3n) is 4.22. The quantitative estimate of drug-likeness (QED) is 0.431. The summed E-state index contributed by atoms with van der Waals surface area (Å²) in [6, 6.07) is 29.2. The second kappa shape index (κ2) is 6.21. The van der Waals surface area contributed by atoms with Crippen LogP contribution in [0.1, 0.15) is 22.5 Å². The second-order valence-corrected chi connectivity index (χ2v) is 5.93. The molecular weight excluding hydrogens is 292 g/mol. The molecule has 0 saturated carbocycles. The molecule has 0 atom stereocenters. The molecule has 3 aromatic carbocycles. The van der Waals surface area contributed by atoms with Gasteiger partial charge in [0, 0.05) is 5.39 Å². The van der Waals surface area contributed by atoms with E-state index in [-0.39, 0.29) is 0 Å². The van der Waals surface area contributed by atoms with E-state index < -0.39 is 0 Å².